The van der Waals surface area contributed by atoms with Crippen LogP contribution in [0.5, 0.6) is 5.75 Å². The van der Waals surface area contributed by atoms with E-state index in [-0.39, 0.29) is 48.0 Å². The van der Waals surface area contributed by atoms with E-state index >= 15 is 0 Å². The van der Waals surface area contributed by atoms with Crippen molar-refractivity contribution in [3.05, 3.63) is 81.0 Å². The predicted octanol–water partition coefficient (Wildman–Crippen LogP) is 3.91. The number of carboxylic acids is 2. The topological polar surface area (TPSA) is 186 Å². The number of esters is 1. The van der Waals surface area contributed by atoms with Crippen molar-refractivity contribution in [2.24, 2.45) is 16.5 Å². The molecule has 2 aromatic carbocycles. The summed E-state index contributed by atoms with van der Waals surface area (Å²) in [4.78, 5) is 54.2. The number of guanidine groups is 1. The van der Waals surface area contributed by atoms with Gasteiger partial charge in [0.05, 0.1) is 11.3 Å². The Morgan fingerprint density at radius 2 is 1.80 bits per heavy atom. The highest BCUT2D eigenvalue weighted by Crippen LogP contribution is 2.38. The van der Waals surface area contributed by atoms with Crippen molar-refractivity contribution in [1.82, 2.24) is 4.90 Å². The number of aromatic carboxylic acids is 1. The molecule has 1 aromatic heterocycles. The quantitative estimate of drug-likeness (QED) is 0.116. The van der Waals surface area contributed by atoms with Crippen molar-refractivity contribution in [3.63, 3.8) is 0 Å². The Hall–Kier alpha value is -4.42. The molecular weight excluding hydrogens is 572 g/mol. The van der Waals surface area contributed by atoms with Crippen LogP contribution in [0.25, 0.3) is 0 Å². The van der Waals surface area contributed by atoms with E-state index in [9.17, 15) is 29.4 Å². The second-order valence-corrected chi connectivity index (χ2v) is 10.3. The molecular formula is C28H29ClN4O7S. The molecule has 1 heterocycles. The lowest BCUT2D eigenvalue weighted by molar-refractivity contribution is -0.150. The van der Waals surface area contributed by atoms with Gasteiger partial charge in [-0.2, -0.15) is 0 Å². The minimum Gasteiger partial charge on any atom is -0.480 e. The molecule has 0 radical (unpaired) electrons. The number of ether oxygens (including phenoxy) is 1. The summed E-state index contributed by atoms with van der Waals surface area (Å²) in [6, 6.07) is 11.9. The van der Waals surface area contributed by atoms with Crippen LogP contribution in [0.3, 0.4) is 0 Å². The molecule has 216 valence electrons. The van der Waals surface area contributed by atoms with Gasteiger partial charge in [0.15, 0.2) is 5.96 Å². The van der Waals surface area contributed by atoms with Crippen LogP contribution in [0.15, 0.2) is 58.9 Å². The summed E-state index contributed by atoms with van der Waals surface area (Å²) in [5.74, 6) is -2.95. The van der Waals surface area contributed by atoms with E-state index in [4.69, 9.17) is 16.2 Å². The monoisotopic (exact) mass is 600 g/mol. The molecule has 41 heavy (non-hydrogen) atoms. The molecule has 2 atom stereocenters. The molecule has 11 nitrogen and oxygen atoms in total. The average molecular weight is 601 g/mol. The number of carbonyl (C=O) groups excluding carboxylic acids is 2. The number of aliphatic carboxylic acids is 1. The molecule has 0 saturated carbocycles. The highest BCUT2D eigenvalue weighted by atomic mass is 35.5. The number of fused-ring (bicyclic) bond motifs is 1. The zero-order chi connectivity index (χ0) is 29.0. The van der Waals surface area contributed by atoms with Gasteiger partial charge in [0.2, 0.25) is 5.91 Å². The van der Waals surface area contributed by atoms with E-state index in [1.54, 1.807) is 41.8 Å². The number of amides is 1. The molecule has 0 aliphatic heterocycles. The molecule has 6 N–H and O–H groups in total. The average Bonchev–Trinajstić information content (AvgIpc) is 3.54. The van der Waals surface area contributed by atoms with Gasteiger partial charge in [0.25, 0.3) is 0 Å². The highest BCUT2D eigenvalue weighted by molar-refractivity contribution is 7.12. The number of nitrogens with zero attached hydrogens (tertiary/aromatic N) is 2. The Labute approximate surface area is 245 Å². The summed E-state index contributed by atoms with van der Waals surface area (Å²) >= 11 is 1.03. The van der Waals surface area contributed by atoms with E-state index in [1.807, 2.05) is 6.07 Å². The first kappa shape index (κ1) is 31.1. The molecule has 0 spiro atoms. The lowest BCUT2D eigenvalue weighted by Crippen LogP contribution is -2.43. The smallest absolute Gasteiger partial charge is 0.345 e. The molecule has 1 unspecified atom stereocenters. The van der Waals surface area contributed by atoms with Gasteiger partial charge in [-0.3, -0.25) is 4.79 Å². The lowest BCUT2D eigenvalue weighted by atomic mass is 9.96. The number of hydrogen-bond donors (Lipinski definition) is 4. The summed E-state index contributed by atoms with van der Waals surface area (Å²) in [5.41, 5.74) is 14.0. The van der Waals surface area contributed by atoms with Crippen LogP contribution in [0, 0.1) is 0 Å². The van der Waals surface area contributed by atoms with Gasteiger partial charge in [-0.05, 0) is 90.2 Å². The zero-order valence-corrected chi connectivity index (χ0v) is 23.6. The van der Waals surface area contributed by atoms with Gasteiger partial charge in [-0.1, -0.05) is 6.07 Å². The fourth-order valence-electron chi connectivity index (χ4n) is 4.61. The molecule has 0 saturated heterocycles. The van der Waals surface area contributed by atoms with Crippen molar-refractivity contribution in [2.75, 3.05) is 0 Å². The van der Waals surface area contributed by atoms with Crippen LogP contribution >= 0.6 is 23.7 Å². The largest absolute Gasteiger partial charge is 0.480 e. The number of benzene rings is 2. The van der Waals surface area contributed by atoms with E-state index in [1.165, 1.54) is 17.9 Å². The summed E-state index contributed by atoms with van der Waals surface area (Å²) in [6.45, 7) is 1.43. The Balaban J connectivity index is 0.00000462. The van der Waals surface area contributed by atoms with Crippen LogP contribution in [0.4, 0.5) is 5.69 Å². The van der Waals surface area contributed by atoms with Gasteiger partial charge >= 0.3 is 17.9 Å². The van der Waals surface area contributed by atoms with Crippen molar-refractivity contribution >= 4 is 59.2 Å². The zero-order valence-electron chi connectivity index (χ0n) is 22.0. The van der Waals surface area contributed by atoms with Gasteiger partial charge in [-0.25, -0.2) is 19.4 Å². The first-order valence-corrected chi connectivity index (χ1v) is 13.3. The minimum absolute atomic E-state index is 0. The predicted molar refractivity (Wildman–Crippen MR) is 155 cm³/mol. The standard InChI is InChI=1S/C28H28N4O7S.ClH/c1-15(25(34)35)32(13-16-10-23(26(36)37)40-14-16)24(33)12-19-3-2-18-11-21(8-9-22(18)19)39-27(38)17-4-6-20(7-5-17)31-28(29)30;/h4-11,14-15,19H,2-3,12-13H2,1H3,(H,34,35)(H,36,37)(H4,29,30,31);1H/t15-,19?;/m1./s1. The summed E-state index contributed by atoms with van der Waals surface area (Å²) < 4.78 is 5.54. The number of thiophene rings is 1. The molecule has 1 amide bonds. The fourth-order valence-corrected chi connectivity index (χ4v) is 5.36. The van der Waals surface area contributed by atoms with Crippen LogP contribution < -0.4 is 16.2 Å². The van der Waals surface area contributed by atoms with Crippen LogP contribution in [-0.2, 0) is 22.6 Å². The molecule has 1 aliphatic carbocycles. The third-order valence-corrected chi connectivity index (χ3v) is 7.64. The maximum Gasteiger partial charge on any atom is 0.345 e. The summed E-state index contributed by atoms with van der Waals surface area (Å²) in [7, 11) is 0. The number of aliphatic imine (C=N–C) groups is 1. The van der Waals surface area contributed by atoms with Crippen molar-refractivity contribution < 1.29 is 34.1 Å². The number of rotatable bonds is 10. The van der Waals surface area contributed by atoms with Crippen LogP contribution in [0.1, 0.15) is 62.4 Å². The SMILES string of the molecule is C[C@H](C(=O)O)N(Cc1csc(C(=O)O)c1)C(=O)CC1CCc2cc(OC(=O)c3ccc(N=C(N)N)cc3)ccc21.Cl. The molecule has 0 fully saturated rings. The van der Waals surface area contributed by atoms with Gasteiger partial charge < -0.3 is 31.3 Å². The number of aryl methyl sites for hydroxylation is 1. The third kappa shape index (κ3) is 7.62. The molecule has 4 rings (SSSR count). The molecule has 3 aromatic rings. The first-order chi connectivity index (χ1) is 19.0. The second kappa shape index (κ2) is 13.3. The number of nitrogens with two attached hydrogens (primary N) is 2. The van der Waals surface area contributed by atoms with Crippen molar-refractivity contribution in [2.45, 2.75) is 44.7 Å². The minimum atomic E-state index is -1.15. The number of hydrogen-bond acceptors (Lipinski definition) is 7. The Morgan fingerprint density at radius 3 is 2.41 bits per heavy atom. The van der Waals surface area contributed by atoms with E-state index in [2.05, 4.69) is 4.99 Å². The fraction of sp³-hybridized carbons (Fsp3) is 0.250. The first-order valence-electron chi connectivity index (χ1n) is 12.4. The Kier molecular flexibility index (Phi) is 10.1. The van der Waals surface area contributed by atoms with Crippen molar-refractivity contribution in [3.8, 4) is 5.75 Å². The van der Waals surface area contributed by atoms with E-state index in [0.29, 0.717) is 35.4 Å². The molecule has 0 bridgehead atoms. The van der Waals surface area contributed by atoms with E-state index in [0.717, 1.165) is 22.5 Å². The molecule has 1 aliphatic rings. The van der Waals surface area contributed by atoms with E-state index < -0.39 is 23.9 Å². The summed E-state index contributed by atoms with van der Waals surface area (Å²) in [6.07, 6.45) is 1.45. The molecule has 13 heteroatoms. The Morgan fingerprint density at radius 1 is 1.10 bits per heavy atom. The van der Waals surface area contributed by atoms with Gasteiger partial charge in [0, 0.05) is 13.0 Å². The highest BCUT2D eigenvalue weighted by Gasteiger charge is 2.31. The Bertz CT molecular complexity index is 1480. The number of halogens is 1. The van der Waals surface area contributed by atoms with Gasteiger partial charge in [-0.15, -0.1) is 23.7 Å². The maximum absolute atomic E-state index is 13.3. The normalized spacial score (nSPS) is 14.2. The van der Waals surface area contributed by atoms with Crippen LogP contribution in [0.2, 0.25) is 0 Å². The summed E-state index contributed by atoms with van der Waals surface area (Å²) in [5, 5.41) is 20.4. The second-order valence-electron chi connectivity index (χ2n) is 9.43. The third-order valence-electron chi connectivity index (χ3n) is 6.67. The lowest BCUT2D eigenvalue weighted by Gasteiger charge is -2.27. The van der Waals surface area contributed by atoms with Crippen molar-refractivity contribution in [1.29, 1.82) is 0 Å². The van der Waals surface area contributed by atoms with Gasteiger partial charge in [0.1, 0.15) is 16.7 Å². The van der Waals surface area contributed by atoms with Crippen LogP contribution in [-0.4, -0.2) is 50.9 Å². The number of carbonyl (C=O) groups is 4. The maximum atomic E-state index is 13.3. The number of carboxylic acid groups (broad SMARTS) is 2.